The normalized spacial score (nSPS) is 11.6. The smallest absolute Gasteiger partial charge is 0.329 e. The Morgan fingerprint density at radius 2 is 1.70 bits per heavy atom. The Morgan fingerprint density at radius 3 is 2.37 bits per heavy atom. The number of benzene rings is 2. The Hall–Kier alpha value is -2.63. The number of hydrogen-bond acceptors (Lipinski definition) is 4. The largest absolute Gasteiger partial charge is 0.459 e. The third kappa shape index (κ3) is 5.67. The minimum Gasteiger partial charge on any atom is -0.459 e. The van der Waals surface area contributed by atoms with Gasteiger partial charge in [0.15, 0.2) is 0 Å². The Balaban J connectivity index is 1.68. The average molecular weight is 400 g/mol. The van der Waals surface area contributed by atoms with E-state index in [1.54, 1.807) is 36.4 Å². The van der Waals surface area contributed by atoms with Crippen LogP contribution >= 0.6 is 22.9 Å². The first-order valence-corrected chi connectivity index (χ1v) is 9.67. The van der Waals surface area contributed by atoms with E-state index in [2.05, 4.69) is 5.32 Å². The quantitative estimate of drug-likeness (QED) is 0.596. The molecule has 0 bridgehead atoms. The van der Waals surface area contributed by atoms with E-state index in [1.165, 1.54) is 11.3 Å². The second-order valence-electron chi connectivity index (χ2n) is 5.93. The molecule has 1 N–H and O–H groups in total. The summed E-state index contributed by atoms with van der Waals surface area (Å²) in [5.74, 6) is -0.756. The van der Waals surface area contributed by atoms with Crippen LogP contribution in [0.3, 0.4) is 0 Å². The number of carbonyl (C=O) groups excluding carboxylic acids is 2. The third-order valence-electron chi connectivity index (χ3n) is 3.91. The summed E-state index contributed by atoms with van der Waals surface area (Å²) >= 11 is 7.19. The van der Waals surface area contributed by atoms with Gasteiger partial charge < -0.3 is 10.1 Å². The van der Waals surface area contributed by atoms with Crippen LogP contribution in [0.1, 0.15) is 20.8 Å². The van der Waals surface area contributed by atoms with Crippen molar-refractivity contribution in [2.24, 2.45) is 0 Å². The maximum absolute atomic E-state index is 12.6. The van der Waals surface area contributed by atoms with Crippen LogP contribution in [0, 0.1) is 0 Å². The first-order valence-electron chi connectivity index (χ1n) is 8.41. The number of rotatable bonds is 7. The number of thiophene rings is 1. The molecule has 0 aliphatic carbocycles. The van der Waals surface area contributed by atoms with Crippen molar-refractivity contribution in [1.82, 2.24) is 5.32 Å². The predicted octanol–water partition coefficient (Wildman–Crippen LogP) is 4.49. The first kappa shape index (κ1) is 19.1. The van der Waals surface area contributed by atoms with Gasteiger partial charge in [0, 0.05) is 11.4 Å². The van der Waals surface area contributed by atoms with Gasteiger partial charge in [-0.15, -0.1) is 11.3 Å². The lowest BCUT2D eigenvalue weighted by Crippen LogP contribution is -2.43. The Kier molecular flexibility index (Phi) is 6.63. The minimum absolute atomic E-state index is 0.121. The summed E-state index contributed by atoms with van der Waals surface area (Å²) in [4.78, 5) is 25.6. The molecule has 3 aromatic rings. The van der Waals surface area contributed by atoms with Gasteiger partial charge in [0.1, 0.15) is 12.6 Å². The fraction of sp³-hybridized carbons (Fsp3) is 0.143. The van der Waals surface area contributed by atoms with Gasteiger partial charge in [0.25, 0.3) is 5.91 Å². The highest BCUT2D eigenvalue weighted by Gasteiger charge is 2.24. The van der Waals surface area contributed by atoms with Gasteiger partial charge in [-0.3, -0.25) is 4.79 Å². The van der Waals surface area contributed by atoms with Crippen LogP contribution in [0.25, 0.3) is 0 Å². The molecule has 0 fully saturated rings. The van der Waals surface area contributed by atoms with Gasteiger partial charge in [-0.1, -0.05) is 60.1 Å². The molecular weight excluding hydrogens is 382 g/mol. The topological polar surface area (TPSA) is 55.4 Å². The Bertz CT molecular complexity index is 880. The molecule has 2 aromatic carbocycles. The van der Waals surface area contributed by atoms with Crippen molar-refractivity contribution in [2.75, 3.05) is 0 Å². The summed E-state index contributed by atoms with van der Waals surface area (Å²) in [6, 6.07) is 19.3. The van der Waals surface area contributed by atoms with Crippen molar-refractivity contribution < 1.29 is 14.3 Å². The molecule has 4 nitrogen and oxygen atoms in total. The van der Waals surface area contributed by atoms with Gasteiger partial charge in [-0.05, 0) is 34.7 Å². The van der Waals surface area contributed by atoms with E-state index in [0.29, 0.717) is 16.3 Å². The Labute approximate surface area is 166 Å². The second-order valence-corrected chi connectivity index (χ2v) is 7.31. The zero-order chi connectivity index (χ0) is 19.1. The van der Waals surface area contributed by atoms with Crippen molar-refractivity contribution in [2.45, 2.75) is 19.1 Å². The average Bonchev–Trinajstić information content (AvgIpc) is 3.22. The van der Waals surface area contributed by atoms with Gasteiger partial charge in [0.05, 0.1) is 4.88 Å². The van der Waals surface area contributed by atoms with Gasteiger partial charge in [-0.25, -0.2) is 4.79 Å². The molecule has 1 atom stereocenters. The summed E-state index contributed by atoms with van der Waals surface area (Å²) < 4.78 is 5.43. The lowest BCUT2D eigenvalue weighted by molar-refractivity contribution is -0.147. The van der Waals surface area contributed by atoms with Crippen molar-refractivity contribution in [3.05, 3.63) is 93.1 Å². The van der Waals surface area contributed by atoms with E-state index in [0.717, 1.165) is 11.1 Å². The molecule has 1 amide bonds. The molecule has 0 aliphatic heterocycles. The van der Waals surface area contributed by atoms with E-state index in [-0.39, 0.29) is 12.5 Å². The fourth-order valence-corrected chi connectivity index (χ4v) is 3.27. The lowest BCUT2D eigenvalue weighted by Gasteiger charge is -2.17. The molecule has 0 radical (unpaired) electrons. The van der Waals surface area contributed by atoms with Gasteiger partial charge in [0.2, 0.25) is 0 Å². The maximum Gasteiger partial charge on any atom is 0.329 e. The van der Waals surface area contributed by atoms with Crippen LogP contribution in [0.5, 0.6) is 0 Å². The standard InChI is InChI=1S/C21H18ClNO3S/c22-17-10-8-16(9-11-17)14-26-21(25)18(13-15-5-2-1-3-6-15)23-20(24)19-7-4-12-27-19/h1-12,18H,13-14H2,(H,23,24). The lowest BCUT2D eigenvalue weighted by atomic mass is 10.1. The van der Waals surface area contributed by atoms with Crippen molar-refractivity contribution in [3.8, 4) is 0 Å². The number of esters is 1. The molecule has 0 saturated carbocycles. The number of amides is 1. The maximum atomic E-state index is 12.6. The van der Waals surface area contributed by atoms with Crippen molar-refractivity contribution >= 4 is 34.8 Å². The molecule has 3 rings (SSSR count). The van der Waals surface area contributed by atoms with Crippen LogP contribution in [-0.4, -0.2) is 17.9 Å². The molecule has 138 valence electrons. The van der Waals surface area contributed by atoms with Crippen LogP contribution < -0.4 is 5.32 Å². The highest BCUT2D eigenvalue weighted by atomic mass is 35.5. The van der Waals surface area contributed by atoms with E-state index < -0.39 is 12.0 Å². The molecule has 0 saturated heterocycles. The molecule has 0 spiro atoms. The highest BCUT2D eigenvalue weighted by Crippen LogP contribution is 2.13. The SMILES string of the molecule is O=C(NC(Cc1ccccc1)C(=O)OCc1ccc(Cl)cc1)c1cccs1. The molecule has 1 heterocycles. The van der Waals surface area contributed by atoms with Crippen molar-refractivity contribution in [3.63, 3.8) is 0 Å². The monoisotopic (exact) mass is 399 g/mol. The molecule has 0 aliphatic rings. The zero-order valence-corrected chi connectivity index (χ0v) is 16.0. The molecule has 1 unspecified atom stereocenters. The summed E-state index contributed by atoms with van der Waals surface area (Å²) in [5.41, 5.74) is 1.77. The van der Waals surface area contributed by atoms with E-state index in [9.17, 15) is 9.59 Å². The van der Waals surface area contributed by atoms with Crippen molar-refractivity contribution in [1.29, 1.82) is 0 Å². The predicted molar refractivity (Wildman–Crippen MR) is 107 cm³/mol. The summed E-state index contributed by atoms with van der Waals surface area (Å²) in [5, 5.41) is 5.23. The van der Waals surface area contributed by atoms with Crippen LogP contribution in [0.15, 0.2) is 72.1 Å². The van der Waals surface area contributed by atoms with Crippen LogP contribution in [0.2, 0.25) is 5.02 Å². The summed E-state index contributed by atoms with van der Waals surface area (Å²) in [7, 11) is 0. The van der Waals surface area contributed by atoms with Gasteiger partial charge >= 0.3 is 5.97 Å². The Morgan fingerprint density at radius 1 is 0.963 bits per heavy atom. The number of hydrogen-bond donors (Lipinski definition) is 1. The number of halogens is 1. The summed E-state index contributed by atoms with van der Waals surface area (Å²) in [6.45, 7) is 0.121. The molecule has 6 heteroatoms. The highest BCUT2D eigenvalue weighted by molar-refractivity contribution is 7.12. The van der Waals surface area contributed by atoms with E-state index in [1.807, 2.05) is 35.7 Å². The molecule has 27 heavy (non-hydrogen) atoms. The van der Waals surface area contributed by atoms with E-state index in [4.69, 9.17) is 16.3 Å². The van der Waals surface area contributed by atoms with Crippen LogP contribution in [-0.2, 0) is 22.6 Å². The third-order valence-corrected chi connectivity index (χ3v) is 5.03. The first-order chi connectivity index (χ1) is 13.1. The number of carbonyl (C=O) groups is 2. The van der Waals surface area contributed by atoms with Gasteiger partial charge in [-0.2, -0.15) is 0 Å². The second kappa shape index (κ2) is 9.35. The molecular formula is C21H18ClNO3S. The fourth-order valence-electron chi connectivity index (χ4n) is 2.52. The zero-order valence-electron chi connectivity index (χ0n) is 14.4. The van der Waals surface area contributed by atoms with Crippen LogP contribution in [0.4, 0.5) is 0 Å². The number of nitrogens with one attached hydrogen (secondary N) is 1. The minimum atomic E-state index is -0.769. The summed E-state index contributed by atoms with van der Waals surface area (Å²) in [6.07, 6.45) is 0.359. The number of ether oxygens (including phenoxy) is 1. The van der Waals surface area contributed by atoms with E-state index >= 15 is 0 Å². The molecule has 1 aromatic heterocycles.